The molecule has 88 valence electrons. The summed E-state index contributed by atoms with van der Waals surface area (Å²) in [4.78, 5) is 2.38. The van der Waals surface area contributed by atoms with Gasteiger partial charge in [-0.1, -0.05) is 0 Å². The van der Waals surface area contributed by atoms with Crippen LogP contribution in [0, 0.1) is 5.92 Å². The van der Waals surface area contributed by atoms with Crippen LogP contribution in [-0.4, -0.2) is 62.9 Å². The molecule has 2 saturated heterocycles. The molecular weight excluding hydrogens is 190 g/mol. The average molecular weight is 213 g/mol. The fourth-order valence-corrected chi connectivity index (χ4v) is 2.19. The highest BCUT2D eigenvalue weighted by molar-refractivity contribution is 4.69. The first-order valence-corrected chi connectivity index (χ1v) is 6.09. The molecule has 2 rings (SSSR count). The van der Waals surface area contributed by atoms with Gasteiger partial charge in [-0.15, -0.1) is 0 Å². The maximum absolute atomic E-state index is 5.47. The van der Waals surface area contributed by atoms with Crippen molar-refractivity contribution >= 4 is 0 Å². The lowest BCUT2D eigenvalue weighted by atomic mass is 10.0. The van der Waals surface area contributed by atoms with Crippen molar-refractivity contribution in [3.63, 3.8) is 0 Å². The standard InChI is InChI=1S/C11H23N3O/c1-13-4-6-14(7-5-13)12-9-11-3-2-8-15-10-11/h11-12H,2-10H2,1H3. The van der Waals surface area contributed by atoms with Crippen molar-refractivity contribution in [3.8, 4) is 0 Å². The number of hydrogen-bond acceptors (Lipinski definition) is 4. The van der Waals surface area contributed by atoms with Crippen molar-refractivity contribution in [2.45, 2.75) is 12.8 Å². The Labute approximate surface area is 92.5 Å². The Bertz CT molecular complexity index is 175. The van der Waals surface area contributed by atoms with Gasteiger partial charge < -0.3 is 9.64 Å². The number of nitrogens with one attached hydrogen (secondary N) is 1. The zero-order chi connectivity index (χ0) is 10.5. The molecular formula is C11H23N3O. The van der Waals surface area contributed by atoms with Gasteiger partial charge in [0, 0.05) is 39.3 Å². The molecule has 0 amide bonds. The van der Waals surface area contributed by atoms with Gasteiger partial charge in [-0.2, -0.15) is 0 Å². The molecule has 0 spiro atoms. The summed E-state index contributed by atoms with van der Waals surface area (Å²) in [6.07, 6.45) is 2.55. The molecule has 2 aliphatic rings. The highest BCUT2D eigenvalue weighted by Gasteiger charge is 2.17. The summed E-state index contributed by atoms with van der Waals surface area (Å²) in [6.45, 7) is 7.63. The smallest absolute Gasteiger partial charge is 0.0506 e. The maximum atomic E-state index is 5.47. The lowest BCUT2D eigenvalue weighted by molar-refractivity contribution is 0.0360. The SMILES string of the molecule is CN1CCN(NCC2CCCOC2)CC1. The van der Waals surface area contributed by atoms with Gasteiger partial charge in [-0.25, -0.2) is 5.01 Å². The summed E-state index contributed by atoms with van der Waals surface area (Å²) in [6, 6.07) is 0. The van der Waals surface area contributed by atoms with Crippen molar-refractivity contribution < 1.29 is 4.74 Å². The quantitative estimate of drug-likeness (QED) is 0.723. The number of likely N-dealkylation sites (N-methyl/N-ethyl adjacent to an activating group) is 1. The van der Waals surface area contributed by atoms with E-state index in [0.29, 0.717) is 0 Å². The maximum Gasteiger partial charge on any atom is 0.0506 e. The molecule has 0 aromatic rings. The van der Waals surface area contributed by atoms with Crippen molar-refractivity contribution in [3.05, 3.63) is 0 Å². The van der Waals surface area contributed by atoms with Crippen LogP contribution in [0.1, 0.15) is 12.8 Å². The fraction of sp³-hybridized carbons (Fsp3) is 1.00. The third-order valence-electron chi connectivity index (χ3n) is 3.36. The summed E-state index contributed by atoms with van der Waals surface area (Å²) in [5.74, 6) is 0.721. The van der Waals surface area contributed by atoms with Crippen molar-refractivity contribution in [2.75, 3.05) is 53.0 Å². The summed E-state index contributed by atoms with van der Waals surface area (Å²) >= 11 is 0. The lowest BCUT2D eigenvalue weighted by Crippen LogP contribution is -2.52. The van der Waals surface area contributed by atoms with E-state index in [1.54, 1.807) is 0 Å². The minimum atomic E-state index is 0.721. The highest BCUT2D eigenvalue weighted by atomic mass is 16.5. The molecule has 2 fully saturated rings. The molecule has 0 bridgehead atoms. The molecule has 0 aliphatic carbocycles. The number of nitrogens with zero attached hydrogens (tertiary/aromatic N) is 2. The Morgan fingerprint density at radius 1 is 1.27 bits per heavy atom. The van der Waals surface area contributed by atoms with E-state index in [1.807, 2.05) is 0 Å². The van der Waals surface area contributed by atoms with E-state index in [2.05, 4.69) is 22.4 Å². The minimum Gasteiger partial charge on any atom is -0.381 e. The van der Waals surface area contributed by atoms with Gasteiger partial charge in [-0.3, -0.25) is 5.43 Å². The topological polar surface area (TPSA) is 27.7 Å². The Hall–Kier alpha value is -0.160. The van der Waals surface area contributed by atoms with Gasteiger partial charge in [0.1, 0.15) is 0 Å². The predicted octanol–water partition coefficient (Wildman–Crippen LogP) is 0.165. The van der Waals surface area contributed by atoms with Gasteiger partial charge in [0.15, 0.2) is 0 Å². The predicted molar refractivity (Wildman–Crippen MR) is 60.6 cm³/mol. The van der Waals surface area contributed by atoms with Gasteiger partial charge >= 0.3 is 0 Å². The summed E-state index contributed by atoms with van der Waals surface area (Å²) in [7, 11) is 2.19. The van der Waals surface area contributed by atoms with Crippen LogP contribution >= 0.6 is 0 Å². The minimum absolute atomic E-state index is 0.721. The number of hydrogen-bond donors (Lipinski definition) is 1. The van der Waals surface area contributed by atoms with E-state index in [9.17, 15) is 0 Å². The van der Waals surface area contributed by atoms with Gasteiger partial charge in [-0.05, 0) is 25.8 Å². The third kappa shape index (κ3) is 3.72. The number of hydrazine groups is 1. The molecule has 0 radical (unpaired) electrons. The second-order valence-electron chi connectivity index (χ2n) is 4.74. The van der Waals surface area contributed by atoms with E-state index in [-0.39, 0.29) is 0 Å². The van der Waals surface area contributed by atoms with Crippen molar-refractivity contribution in [1.82, 2.24) is 15.3 Å². The molecule has 4 heteroatoms. The molecule has 4 nitrogen and oxygen atoms in total. The lowest BCUT2D eigenvalue weighted by Gasteiger charge is -2.34. The van der Waals surface area contributed by atoms with Gasteiger partial charge in [0.2, 0.25) is 0 Å². The summed E-state index contributed by atoms with van der Waals surface area (Å²) in [5, 5.41) is 2.36. The second-order valence-corrected chi connectivity index (χ2v) is 4.74. The zero-order valence-corrected chi connectivity index (χ0v) is 9.74. The van der Waals surface area contributed by atoms with Crippen LogP contribution in [-0.2, 0) is 4.74 Å². The molecule has 0 aromatic heterocycles. The summed E-state index contributed by atoms with van der Waals surface area (Å²) in [5.41, 5.74) is 3.54. The second kappa shape index (κ2) is 5.80. The van der Waals surface area contributed by atoms with E-state index in [0.717, 1.165) is 38.8 Å². The summed E-state index contributed by atoms with van der Waals surface area (Å²) < 4.78 is 5.47. The first-order chi connectivity index (χ1) is 7.34. The molecule has 0 saturated carbocycles. The van der Waals surface area contributed by atoms with Crippen LogP contribution in [0.2, 0.25) is 0 Å². The van der Waals surface area contributed by atoms with Crippen LogP contribution in [0.15, 0.2) is 0 Å². The third-order valence-corrected chi connectivity index (χ3v) is 3.36. The first kappa shape index (κ1) is 11.3. The van der Waals surface area contributed by atoms with Crippen LogP contribution in [0.5, 0.6) is 0 Å². The largest absolute Gasteiger partial charge is 0.381 e. The van der Waals surface area contributed by atoms with Crippen molar-refractivity contribution in [2.24, 2.45) is 5.92 Å². The Morgan fingerprint density at radius 3 is 2.73 bits per heavy atom. The van der Waals surface area contributed by atoms with E-state index < -0.39 is 0 Å². The Kier molecular flexibility index (Phi) is 4.38. The number of piperazine rings is 1. The fourth-order valence-electron chi connectivity index (χ4n) is 2.19. The monoisotopic (exact) mass is 213 g/mol. The van der Waals surface area contributed by atoms with Crippen molar-refractivity contribution in [1.29, 1.82) is 0 Å². The normalized spacial score (nSPS) is 30.6. The molecule has 2 aliphatic heterocycles. The van der Waals surface area contributed by atoms with E-state index >= 15 is 0 Å². The Morgan fingerprint density at radius 2 is 2.07 bits per heavy atom. The van der Waals surface area contributed by atoms with Gasteiger partial charge in [0.05, 0.1) is 6.61 Å². The number of rotatable bonds is 3. The molecule has 1 N–H and O–H groups in total. The van der Waals surface area contributed by atoms with Crippen LogP contribution < -0.4 is 5.43 Å². The average Bonchev–Trinajstić information content (AvgIpc) is 2.30. The molecule has 1 unspecified atom stereocenters. The molecule has 15 heavy (non-hydrogen) atoms. The number of ether oxygens (including phenoxy) is 1. The van der Waals surface area contributed by atoms with E-state index in [4.69, 9.17) is 4.74 Å². The zero-order valence-electron chi connectivity index (χ0n) is 9.74. The molecule has 1 atom stereocenters. The van der Waals surface area contributed by atoms with E-state index in [1.165, 1.54) is 25.9 Å². The van der Waals surface area contributed by atoms with Crippen LogP contribution in [0.4, 0.5) is 0 Å². The molecule has 2 heterocycles. The van der Waals surface area contributed by atoms with Crippen LogP contribution in [0.3, 0.4) is 0 Å². The van der Waals surface area contributed by atoms with Crippen LogP contribution in [0.25, 0.3) is 0 Å². The Balaban J connectivity index is 1.60. The highest BCUT2D eigenvalue weighted by Crippen LogP contribution is 2.12. The first-order valence-electron chi connectivity index (χ1n) is 6.09. The molecule has 0 aromatic carbocycles. The van der Waals surface area contributed by atoms with Gasteiger partial charge in [0.25, 0.3) is 0 Å².